The second-order valence-electron chi connectivity index (χ2n) is 9.79. The smallest absolute Gasteiger partial charge is 0.410 e. The zero-order valence-corrected chi connectivity index (χ0v) is 18.7. The van der Waals surface area contributed by atoms with E-state index in [-0.39, 0.29) is 23.9 Å². The maximum absolute atomic E-state index is 13.1. The largest absolute Gasteiger partial charge is 0.460 e. The number of likely N-dealkylation sites (tertiary alicyclic amines) is 1. The summed E-state index contributed by atoms with van der Waals surface area (Å²) >= 11 is 0. The van der Waals surface area contributed by atoms with Gasteiger partial charge in [0.1, 0.15) is 11.2 Å². The summed E-state index contributed by atoms with van der Waals surface area (Å²) in [6.07, 6.45) is 0.966. The van der Waals surface area contributed by atoms with Crippen LogP contribution in [-0.4, -0.2) is 41.3 Å². The van der Waals surface area contributed by atoms with Gasteiger partial charge < -0.3 is 20.1 Å². The van der Waals surface area contributed by atoms with Gasteiger partial charge in [0.15, 0.2) is 0 Å². The lowest BCUT2D eigenvalue weighted by Gasteiger charge is -2.28. The van der Waals surface area contributed by atoms with Crippen LogP contribution in [0.4, 0.5) is 4.79 Å². The minimum atomic E-state index is -0.563. The number of amides is 1. The number of rotatable bonds is 5. The van der Waals surface area contributed by atoms with Crippen molar-refractivity contribution in [2.45, 2.75) is 72.1 Å². The van der Waals surface area contributed by atoms with Crippen molar-refractivity contribution < 1.29 is 19.1 Å². The normalized spacial score (nSPS) is 18.4. The molecule has 0 unspecified atom stereocenters. The fraction of sp³-hybridized carbons (Fsp3) is 0.652. The molecule has 1 heterocycles. The van der Waals surface area contributed by atoms with Crippen molar-refractivity contribution in [1.29, 1.82) is 0 Å². The monoisotopic (exact) mass is 404 g/mol. The number of nitrogens with zero attached hydrogens (tertiary/aromatic N) is 1. The maximum Gasteiger partial charge on any atom is 0.410 e. The molecule has 1 aromatic rings. The van der Waals surface area contributed by atoms with Gasteiger partial charge >= 0.3 is 12.1 Å². The number of esters is 1. The lowest BCUT2D eigenvalue weighted by molar-refractivity contribution is -0.161. The number of carbonyl (C=O) groups excluding carboxylic acids is 2. The molecule has 1 saturated heterocycles. The van der Waals surface area contributed by atoms with Crippen LogP contribution in [0.3, 0.4) is 0 Å². The summed E-state index contributed by atoms with van der Waals surface area (Å²) in [6, 6.07) is 7.92. The number of nitrogens with two attached hydrogens (primary N) is 1. The Morgan fingerprint density at radius 3 is 2.21 bits per heavy atom. The summed E-state index contributed by atoms with van der Waals surface area (Å²) in [5, 5.41) is 0. The predicted octanol–water partition coefficient (Wildman–Crippen LogP) is 3.90. The van der Waals surface area contributed by atoms with E-state index in [0.29, 0.717) is 26.1 Å². The second kappa shape index (κ2) is 9.16. The molecular formula is C23H36N2O4. The molecule has 6 nitrogen and oxygen atoms in total. The Bertz CT molecular complexity index is 718. The van der Waals surface area contributed by atoms with Gasteiger partial charge in [-0.15, -0.1) is 0 Å². The third kappa shape index (κ3) is 7.03. The summed E-state index contributed by atoms with van der Waals surface area (Å²) in [4.78, 5) is 27.2. The van der Waals surface area contributed by atoms with Crippen molar-refractivity contribution in [1.82, 2.24) is 4.90 Å². The first-order chi connectivity index (χ1) is 13.4. The van der Waals surface area contributed by atoms with Crippen molar-refractivity contribution in [3.63, 3.8) is 0 Å². The minimum absolute atomic E-state index is 0.0169. The Balaban J connectivity index is 2.19. The van der Waals surface area contributed by atoms with E-state index >= 15 is 0 Å². The van der Waals surface area contributed by atoms with Crippen molar-refractivity contribution in [3.05, 3.63) is 35.4 Å². The van der Waals surface area contributed by atoms with Crippen LogP contribution in [0.15, 0.2) is 24.3 Å². The molecular weight excluding hydrogens is 368 g/mol. The topological polar surface area (TPSA) is 81.9 Å². The summed E-state index contributed by atoms with van der Waals surface area (Å²) in [5.74, 6) is -0.544. The van der Waals surface area contributed by atoms with Gasteiger partial charge in [0.05, 0.1) is 5.92 Å². The highest BCUT2D eigenvalue weighted by molar-refractivity contribution is 5.74. The van der Waals surface area contributed by atoms with Crippen LogP contribution in [0, 0.1) is 11.8 Å². The SMILES string of the molecule is CC(C)(C)OC(=O)[C@@H](Cc1ccccc1CN)[C@H]1CCN(C(=O)OC(C)(C)C)C1. The molecule has 2 atom stereocenters. The molecule has 0 saturated carbocycles. The van der Waals surface area contributed by atoms with E-state index in [4.69, 9.17) is 15.2 Å². The molecule has 29 heavy (non-hydrogen) atoms. The van der Waals surface area contributed by atoms with Crippen LogP contribution in [0.5, 0.6) is 0 Å². The Morgan fingerprint density at radius 1 is 1.07 bits per heavy atom. The first-order valence-corrected chi connectivity index (χ1v) is 10.4. The van der Waals surface area contributed by atoms with Gasteiger partial charge in [-0.3, -0.25) is 4.79 Å². The van der Waals surface area contributed by atoms with Crippen molar-refractivity contribution in [3.8, 4) is 0 Å². The Morgan fingerprint density at radius 2 is 1.66 bits per heavy atom. The summed E-state index contributed by atoms with van der Waals surface area (Å²) in [6.45, 7) is 12.7. The molecule has 1 aliphatic rings. The number of hydrogen-bond donors (Lipinski definition) is 1. The molecule has 0 aliphatic carbocycles. The van der Waals surface area contributed by atoms with Gasteiger partial charge in [0, 0.05) is 19.6 Å². The molecule has 1 amide bonds. The second-order valence-corrected chi connectivity index (χ2v) is 9.79. The highest BCUT2D eigenvalue weighted by Gasteiger charge is 2.39. The van der Waals surface area contributed by atoms with Crippen LogP contribution < -0.4 is 5.73 Å². The van der Waals surface area contributed by atoms with Gasteiger partial charge in [-0.25, -0.2) is 4.79 Å². The number of benzene rings is 1. The van der Waals surface area contributed by atoms with Crippen molar-refractivity contribution in [2.75, 3.05) is 13.1 Å². The highest BCUT2D eigenvalue weighted by Crippen LogP contribution is 2.31. The first kappa shape index (κ1) is 23.2. The Labute approximate surface area is 174 Å². The molecule has 1 fully saturated rings. The van der Waals surface area contributed by atoms with E-state index < -0.39 is 11.2 Å². The zero-order chi connectivity index (χ0) is 21.8. The van der Waals surface area contributed by atoms with E-state index in [2.05, 4.69) is 0 Å². The van der Waals surface area contributed by atoms with Crippen molar-refractivity contribution >= 4 is 12.1 Å². The van der Waals surface area contributed by atoms with Crippen LogP contribution in [0.1, 0.15) is 59.1 Å². The Kier molecular flexibility index (Phi) is 7.33. The van der Waals surface area contributed by atoms with Crippen LogP contribution in [0.2, 0.25) is 0 Å². The van der Waals surface area contributed by atoms with E-state index in [1.54, 1.807) is 4.90 Å². The number of carbonyl (C=O) groups is 2. The summed E-state index contributed by atoms with van der Waals surface area (Å²) in [5.41, 5.74) is 6.88. The number of hydrogen-bond acceptors (Lipinski definition) is 5. The molecule has 0 spiro atoms. The van der Waals surface area contributed by atoms with Crippen LogP contribution in [-0.2, 0) is 27.2 Å². The lowest BCUT2D eigenvalue weighted by atomic mass is 9.84. The van der Waals surface area contributed by atoms with E-state index in [0.717, 1.165) is 17.5 Å². The average Bonchev–Trinajstić information content (AvgIpc) is 3.06. The zero-order valence-electron chi connectivity index (χ0n) is 18.7. The molecule has 0 aromatic heterocycles. The van der Waals surface area contributed by atoms with Gasteiger partial charge in [0.25, 0.3) is 0 Å². The van der Waals surface area contributed by atoms with Gasteiger partial charge in [-0.05, 0) is 71.4 Å². The van der Waals surface area contributed by atoms with Crippen molar-refractivity contribution in [2.24, 2.45) is 17.6 Å². The van der Waals surface area contributed by atoms with E-state index in [9.17, 15) is 9.59 Å². The molecule has 0 bridgehead atoms. The fourth-order valence-corrected chi connectivity index (χ4v) is 3.62. The van der Waals surface area contributed by atoms with Crippen LogP contribution in [0.25, 0.3) is 0 Å². The van der Waals surface area contributed by atoms with E-state index in [1.165, 1.54) is 0 Å². The quantitative estimate of drug-likeness (QED) is 0.753. The standard InChI is InChI=1S/C23H36N2O4/c1-22(2,3)28-20(26)19(13-16-9-7-8-10-17(16)14-24)18-11-12-25(15-18)21(27)29-23(4,5)6/h7-10,18-19H,11-15,24H2,1-6H3/t18-,19-/m0/s1. The molecule has 162 valence electrons. The summed E-state index contributed by atoms with van der Waals surface area (Å²) < 4.78 is 11.2. The third-order valence-electron chi connectivity index (χ3n) is 4.93. The molecule has 1 aromatic carbocycles. The van der Waals surface area contributed by atoms with Gasteiger partial charge in [-0.1, -0.05) is 24.3 Å². The first-order valence-electron chi connectivity index (χ1n) is 10.4. The molecule has 2 N–H and O–H groups in total. The van der Waals surface area contributed by atoms with Crippen LogP contribution >= 0.6 is 0 Å². The van der Waals surface area contributed by atoms with Gasteiger partial charge in [0.2, 0.25) is 0 Å². The Hall–Kier alpha value is -2.08. The molecule has 0 radical (unpaired) electrons. The van der Waals surface area contributed by atoms with E-state index in [1.807, 2.05) is 65.8 Å². The molecule has 2 rings (SSSR count). The highest BCUT2D eigenvalue weighted by atomic mass is 16.6. The maximum atomic E-state index is 13.1. The fourth-order valence-electron chi connectivity index (χ4n) is 3.62. The third-order valence-corrected chi connectivity index (χ3v) is 4.93. The molecule has 6 heteroatoms. The number of ether oxygens (including phenoxy) is 2. The summed E-state index contributed by atoms with van der Waals surface area (Å²) in [7, 11) is 0. The predicted molar refractivity (Wildman–Crippen MR) is 113 cm³/mol. The lowest BCUT2D eigenvalue weighted by Crippen LogP contribution is -2.38. The minimum Gasteiger partial charge on any atom is -0.460 e. The average molecular weight is 405 g/mol. The van der Waals surface area contributed by atoms with Gasteiger partial charge in [-0.2, -0.15) is 0 Å². The molecule has 1 aliphatic heterocycles.